The number of amides is 1. The van der Waals surface area contributed by atoms with E-state index in [9.17, 15) is 4.79 Å². The largest absolute Gasteiger partial charge is 0.497 e. The summed E-state index contributed by atoms with van der Waals surface area (Å²) in [6, 6.07) is 8.27. The highest BCUT2D eigenvalue weighted by Gasteiger charge is 2.31. The molecule has 0 radical (unpaired) electrons. The topological polar surface area (TPSA) is 29.5 Å². The number of methoxy groups -OCH3 is 1. The molecule has 1 aliphatic carbocycles. The Morgan fingerprint density at radius 3 is 2.62 bits per heavy atom. The zero-order valence-corrected chi connectivity index (χ0v) is 13.4. The summed E-state index contributed by atoms with van der Waals surface area (Å²) in [5, 5.41) is 0.398. The highest BCUT2D eigenvalue weighted by atomic mass is 32.2. The van der Waals surface area contributed by atoms with Gasteiger partial charge < -0.3 is 9.64 Å². The zero-order valence-electron chi connectivity index (χ0n) is 12.6. The second kappa shape index (κ2) is 6.73. The molecule has 3 nitrogen and oxygen atoms in total. The van der Waals surface area contributed by atoms with Crippen LogP contribution in [0.2, 0.25) is 0 Å². The maximum Gasteiger partial charge on any atom is 0.225 e. The third-order valence-corrected chi connectivity index (χ3v) is 5.81. The van der Waals surface area contributed by atoms with Crippen molar-refractivity contribution in [3.8, 4) is 5.75 Å². The third-order valence-electron chi connectivity index (χ3n) is 4.57. The number of thioether (sulfide) groups is 1. The standard InChI is InChI=1S/C17H23NO2S/c1-20-15-8-6-13(7-9-15)16-12-18(10-11-21-16)17(19)14-4-2-3-5-14/h6-9,14,16H,2-5,10-12H2,1H3. The maximum atomic E-state index is 12.6. The Balaban J connectivity index is 1.65. The van der Waals surface area contributed by atoms with E-state index < -0.39 is 0 Å². The average molecular weight is 305 g/mol. The molecule has 21 heavy (non-hydrogen) atoms. The van der Waals surface area contributed by atoms with Gasteiger partial charge in [-0.25, -0.2) is 0 Å². The predicted octanol–water partition coefficient (Wildman–Crippen LogP) is 3.50. The van der Waals surface area contributed by atoms with Crippen LogP contribution in [0.5, 0.6) is 5.75 Å². The molecule has 3 rings (SSSR count). The van der Waals surface area contributed by atoms with Crippen molar-refractivity contribution < 1.29 is 9.53 Å². The number of benzene rings is 1. The molecule has 1 atom stereocenters. The molecule has 1 aromatic rings. The van der Waals surface area contributed by atoms with Crippen LogP contribution in [0.15, 0.2) is 24.3 Å². The van der Waals surface area contributed by atoms with Crippen molar-refractivity contribution >= 4 is 17.7 Å². The Morgan fingerprint density at radius 1 is 1.24 bits per heavy atom. The lowest BCUT2D eigenvalue weighted by Crippen LogP contribution is -2.42. The van der Waals surface area contributed by atoms with Crippen molar-refractivity contribution in [2.24, 2.45) is 5.92 Å². The van der Waals surface area contributed by atoms with Gasteiger partial charge in [-0.3, -0.25) is 4.79 Å². The molecule has 114 valence electrons. The summed E-state index contributed by atoms with van der Waals surface area (Å²) in [5.74, 6) is 2.61. The molecule has 1 amide bonds. The van der Waals surface area contributed by atoms with E-state index in [2.05, 4.69) is 17.0 Å². The minimum atomic E-state index is 0.296. The van der Waals surface area contributed by atoms with Crippen LogP contribution in [0.1, 0.15) is 36.5 Å². The van der Waals surface area contributed by atoms with Crippen LogP contribution in [0.4, 0.5) is 0 Å². The average Bonchev–Trinajstić information content (AvgIpc) is 3.09. The van der Waals surface area contributed by atoms with Gasteiger partial charge in [0.05, 0.1) is 7.11 Å². The van der Waals surface area contributed by atoms with Crippen LogP contribution in [0.25, 0.3) is 0 Å². The minimum absolute atomic E-state index is 0.296. The summed E-state index contributed by atoms with van der Waals surface area (Å²) in [5.41, 5.74) is 1.30. The molecule has 4 heteroatoms. The lowest BCUT2D eigenvalue weighted by Gasteiger charge is -2.34. The molecule has 0 spiro atoms. The second-order valence-electron chi connectivity index (χ2n) is 5.90. The molecule has 1 unspecified atom stereocenters. The normalized spacial score (nSPS) is 23.3. The lowest BCUT2D eigenvalue weighted by molar-refractivity contribution is -0.135. The third kappa shape index (κ3) is 3.37. The van der Waals surface area contributed by atoms with E-state index in [1.54, 1.807) is 7.11 Å². The lowest BCUT2D eigenvalue weighted by atomic mass is 10.1. The van der Waals surface area contributed by atoms with Gasteiger partial charge >= 0.3 is 0 Å². The van der Waals surface area contributed by atoms with Gasteiger partial charge in [0.2, 0.25) is 5.91 Å². The first-order chi connectivity index (χ1) is 10.3. The Morgan fingerprint density at radius 2 is 1.95 bits per heavy atom. The summed E-state index contributed by atoms with van der Waals surface area (Å²) in [6.45, 7) is 1.76. The molecular formula is C17H23NO2S. The fourth-order valence-electron chi connectivity index (χ4n) is 3.30. The van der Waals surface area contributed by atoms with Crippen LogP contribution in [0, 0.1) is 5.92 Å². The molecule has 1 aromatic carbocycles. The number of hydrogen-bond acceptors (Lipinski definition) is 3. The Labute approximate surface area is 131 Å². The summed E-state index contributed by atoms with van der Waals surface area (Å²) >= 11 is 1.96. The van der Waals surface area contributed by atoms with Gasteiger partial charge in [0.25, 0.3) is 0 Å². The molecule has 1 saturated carbocycles. The van der Waals surface area contributed by atoms with Crippen LogP contribution in [-0.4, -0.2) is 36.8 Å². The Kier molecular flexibility index (Phi) is 4.73. The Bertz CT molecular complexity index is 482. The van der Waals surface area contributed by atoms with Crippen molar-refractivity contribution in [3.63, 3.8) is 0 Å². The van der Waals surface area contributed by atoms with Gasteiger partial charge in [0, 0.05) is 30.0 Å². The molecule has 1 heterocycles. The first kappa shape index (κ1) is 14.8. The molecule has 0 N–H and O–H groups in total. The maximum absolute atomic E-state index is 12.6. The van der Waals surface area contributed by atoms with Crippen LogP contribution in [-0.2, 0) is 4.79 Å². The van der Waals surface area contributed by atoms with Crippen molar-refractivity contribution in [3.05, 3.63) is 29.8 Å². The summed E-state index contributed by atoms with van der Waals surface area (Å²) in [6.07, 6.45) is 4.63. The van der Waals surface area contributed by atoms with E-state index in [0.29, 0.717) is 17.1 Å². The van der Waals surface area contributed by atoms with E-state index in [4.69, 9.17) is 4.74 Å². The number of carbonyl (C=O) groups is 1. The van der Waals surface area contributed by atoms with Gasteiger partial charge in [-0.15, -0.1) is 0 Å². The van der Waals surface area contributed by atoms with Gasteiger partial charge in [-0.1, -0.05) is 25.0 Å². The van der Waals surface area contributed by atoms with Crippen molar-refractivity contribution in [1.29, 1.82) is 0 Å². The number of nitrogens with zero attached hydrogens (tertiary/aromatic N) is 1. The minimum Gasteiger partial charge on any atom is -0.497 e. The van der Waals surface area contributed by atoms with Crippen molar-refractivity contribution in [1.82, 2.24) is 4.90 Å². The molecular weight excluding hydrogens is 282 g/mol. The molecule has 2 fully saturated rings. The number of rotatable bonds is 3. The molecule has 1 saturated heterocycles. The molecule has 0 aromatic heterocycles. The molecule has 1 aliphatic heterocycles. The van der Waals surface area contributed by atoms with Gasteiger partial charge in [0.1, 0.15) is 5.75 Å². The van der Waals surface area contributed by atoms with Crippen molar-refractivity contribution in [2.75, 3.05) is 26.0 Å². The summed E-state index contributed by atoms with van der Waals surface area (Å²) in [7, 11) is 1.69. The van der Waals surface area contributed by atoms with E-state index >= 15 is 0 Å². The molecule has 2 aliphatic rings. The smallest absolute Gasteiger partial charge is 0.225 e. The fraction of sp³-hybridized carbons (Fsp3) is 0.588. The number of ether oxygens (including phenoxy) is 1. The van der Waals surface area contributed by atoms with Crippen LogP contribution in [0.3, 0.4) is 0 Å². The quantitative estimate of drug-likeness (QED) is 0.856. The van der Waals surface area contributed by atoms with E-state index in [0.717, 1.165) is 37.4 Å². The van der Waals surface area contributed by atoms with Gasteiger partial charge in [0.15, 0.2) is 0 Å². The van der Waals surface area contributed by atoms with Gasteiger partial charge in [-0.05, 0) is 30.5 Å². The first-order valence-electron chi connectivity index (χ1n) is 7.82. The van der Waals surface area contributed by atoms with Crippen molar-refractivity contribution in [2.45, 2.75) is 30.9 Å². The highest BCUT2D eigenvalue weighted by Crippen LogP contribution is 2.35. The number of hydrogen-bond donors (Lipinski definition) is 0. The van der Waals surface area contributed by atoms with E-state index in [-0.39, 0.29) is 0 Å². The highest BCUT2D eigenvalue weighted by molar-refractivity contribution is 7.99. The Hall–Kier alpha value is -1.16. The fourth-order valence-corrected chi connectivity index (χ4v) is 4.55. The van der Waals surface area contributed by atoms with Crippen LogP contribution >= 0.6 is 11.8 Å². The first-order valence-corrected chi connectivity index (χ1v) is 8.87. The van der Waals surface area contributed by atoms with E-state index in [1.165, 1.54) is 18.4 Å². The van der Waals surface area contributed by atoms with Crippen LogP contribution < -0.4 is 4.74 Å². The summed E-state index contributed by atoms with van der Waals surface area (Å²) < 4.78 is 5.21. The second-order valence-corrected chi connectivity index (χ2v) is 7.21. The monoisotopic (exact) mass is 305 g/mol. The number of carbonyl (C=O) groups excluding carboxylic acids is 1. The molecule has 0 bridgehead atoms. The zero-order chi connectivity index (χ0) is 14.7. The SMILES string of the molecule is COc1ccc(C2CN(C(=O)C3CCCC3)CCS2)cc1. The van der Waals surface area contributed by atoms with E-state index in [1.807, 2.05) is 23.9 Å². The van der Waals surface area contributed by atoms with Gasteiger partial charge in [-0.2, -0.15) is 11.8 Å². The predicted molar refractivity (Wildman–Crippen MR) is 86.7 cm³/mol. The summed E-state index contributed by atoms with van der Waals surface area (Å²) in [4.78, 5) is 14.7.